The SMILES string of the molecule is C/C(=C(/O)c1nc(S(C)(=O)=O)ncc1Cl)c1nc2ccccc2n1C. The normalized spacial score (nSPS) is 13.1. The maximum Gasteiger partial charge on any atom is 0.247 e. The zero-order valence-corrected chi connectivity index (χ0v) is 15.3. The van der Waals surface area contributed by atoms with Gasteiger partial charge in [-0.3, -0.25) is 0 Å². The van der Waals surface area contributed by atoms with Gasteiger partial charge in [-0.2, -0.15) is 0 Å². The van der Waals surface area contributed by atoms with Gasteiger partial charge in [-0.05, 0) is 19.1 Å². The standard InChI is InChI=1S/C16H15ClN4O3S/c1-9(15-19-11-6-4-5-7-12(11)21(15)2)14(22)13-10(17)8-18-16(20-13)25(3,23)24/h4-8,22H,1-3H3/b14-9-. The highest BCUT2D eigenvalue weighted by molar-refractivity contribution is 7.90. The molecular weight excluding hydrogens is 364 g/mol. The molecule has 0 bridgehead atoms. The van der Waals surface area contributed by atoms with Crippen molar-refractivity contribution in [1.29, 1.82) is 0 Å². The fourth-order valence-electron chi connectivity index (χ4n) is 2.46. The highest BCUT2D eigenvalue weighted by Gasteiger charge is 2.20. The van der Waals surface area contributed by atoms with Gasteiger partial charge in [0.25, 0.3) is 0 Å². The quantitative estimate of drug-likeness (QED) is 0.555. The second-order valence-corrected chi connectivity index (χ2v) is 7.89. The van der Waals surface area contributed by atoms with Crippen LogP contribution >= 0.6 is 11.6 Å². The van der Waals surface area contributed by atoms with Crippen LogP contribution in [-0.2, 0) is 16.9 Å². The minimum Gasteiger partial charge on any atom is -0.505 e. The van der Waals surface area contributed by atoms with E-state index in [1.807, 2.05) is 35.9 Å². The number of allylic oxidation sites excluding steroid dienone is 1. The average Bonchev–Trinajstić information content (AvgIpc) is 2.90. The van der Waals surface area contributed by atoms with Gasteiger partial charge in [-0.15, -0.1) is 0 Å². The van der Waals surface area contributed by atoms with Gasteiger partial charge in [-0.1, -0.05) is 23.7 Å². The molecule has 0 saturated heterocycles. The van der Waals surface area contributed by atoms with Crippen LogP contribution in [0.4, 0.5) is 0 Å². The lowest BCUT2D eigenvalue weighted by atomic mass is 10.2. The summed E-state index contributed by atoms with van der Waals surface area (Å²) in [5.74, 6) is 0.269. The molecule has 0 aliphatic carbocycles. The van der Waals surface area contributed by atoms with Crippen LogP contribution < -0.4 is 0 Å². The van der Waals surface area contributed by atoms with Gasteiger partial charge in [0.05, 0.1) is 22.3 Å². The summed E-state index contributed by atoms with van der Waals surface area (Å²) < 4.78 is 25.1. The van der Waals surface area contributed by atoms with Crippen molar-refractivity contribution in [2.24, 2.45) is 7.05 Å². The molecule has 0 amide bonds. The Bertz CT molecular complexity index is 1120. The van der Waals surface area contributed by atoms with E-state index in [9.17, 15) is 13.5 Å². The summed E-state index contributed by atoms with van der Waals surface area (Å²) in [7, 11) is -1.81. The molecule has 0 atom stereocenters. The third-order valence-electron chi connectivity index (χ3n) is 3.76. The monoisotopic (exact) mass is 378 g/mol. The maximum absolute atomic E-state index is 11.6. The van der Waals surface area contributed by atoms with E-state index in [1.165, 1.54) is 0 Å². The lowest BCUT2D eigenvalue weighted by Gasteiger charge is -2.09. The molecule has 3 rings (SSSR count). The van der Waals surface area contributed by atoms with Crippen LogP contribution in [0.5, 0.6) is 0 Å². The van der Waals surface area contributed by atoms with Crippen LogP contribution in [0.3, 0.4) is 0 Å². The molecule has 2 heterocycles. The maximum atomic E-state index is 11.6. The van der Waals surface area contributed by atoms with E-state index in [2.05, 4.69) is 15.0 Å². The highest BCUT2D eigenvalue weighted by atomic mass is 35.5. The van der Waals surface area contributed by atoms with E-state index < -0.39 is 15.0 Å². The molecular formula is C16H15ClN4O3S. The minimum absolute atomic E-state index is 0.0445. The molecule has 1 N–H and O–H groups in total. The van der Waals surface area contributed by atoms with Gasteiger partial charge in [0.1, 0.15) is 17.3 Å². The average molecular weight is 379 g/mol. The van der Waals surface area contributed by atoms with E-state index in [1.54, 1.807) is 6.92 Å². The fourth-order valence-corrected chi connectivity index (χ4v) is 3.14. The van der Waals surface area contributed by atoms with Crippen LogP contribution in [0.15, 0.2) is 35.6 Å². The van der Waals surface area contributed by atoms with Gasteiger partial charge >= 0.3 is 0 Å². The number of aliphatic hydroxyl groups excluding tert-OH is 1. The van der Waals surface area contributed by atoms with Crippen molar-refractivity contribution in [1.82, 2.24) is 19.5 Å². The molecule has 0 spiro atoms. The van der Waals surface area contributed by atoms with Crippen LogP contribution in [0, 0.1) is 0 Å². The van der Waals surface area contributed by atoms with Crippen molar-refractivity contribution < 1.29 is 13.5 Å². The number of aliphatic hydroxyl groups is 1. The number of hydrogen-bond donors (Lipinski definition) is 1. The molecule has 0 aliphatic rings. The molecule has 1 aromatic carbocycles. The second-order valence-electron chi connectivity index (χ2n) is 5.58. The van der Waals surface area contributed by atoms with Gasteiger partial charge in [0.2, 0.25) is 15.0 Å². The molecule has 0 unspecified atom stereocenters. The van der Waals surface area contributed by atoms with Crippen molar-refractivity contribution in [3.05, 3.63) is 47.0 Å². The Morgan fingerprint density at radius 1 is 1.24 bits per heavy atom. The topological polar surface area (TPSA) is 98.0 Å². The number of sulfone groups is 1. The molecule has 0 aliphatic heterocycles. The largest absolute Gasteiger partial charge is 0.505 e. The number of aryl methyl sites for hydroxylation is 1. The lowest BCUT2D eigenvalue weighted by Crippen LogP contribution is -2.07. The molecule has 0 saturated carbocycles. The Balaban J connectivity index is 2.21. The highest BCUT2D eigenvalue weighted by Crippen LogP contribution is 2.28. The number of para-hydroxylation sites is 2. The molecule has 0 fully saturated rings. The van der Waals surface area contributed by atoms with Crippen molar-refractivity contribution in [3.63, 3.8) is 0 Å². The molecule has 2 aromatic heterocycles. The van der Waals surface area contributed by atoms with Gasteiger partial charge in [0.15, 0.2) is 0 Å². The number of rotatable bonds is 3. The van der Waals surface area contributed by atoms with Crippen LogP contribution in [-0.4, -0.2) is 39.3 Å². The smallest absolute Gasteiger partial charge is 0.247 e. The summed E-state index contributed by atoms with van der Waals surface area (Å²) >= 11 is 6.05. The number of hydrogen-bond acceptors (Lipinski definition) is 6. The minimum atomic E-state index is -3.63. The number of aromatic nitrogens is 4. The number of benzene rings is 1. The zero-order valence-electron chi connectivity index (χ0n) is 13.7. The first-order chi connectivity index (χ1) is 11.7. The fraction of sp³-hybridized carbons (Fsp3) is 0.188. The van der Waals surface area contributed by atoms with E-state index in [0.717, 1.165) is 23.5 Å². The summed E-state index contributed by atoms with van der Waals surface area (Å²) in [6.07, 6.45) is 2.14. The summed E-state index contributed by atoms with van der Waals surface area (Å²) in [6.45, 7) is 1.66. The molecule has 3 aromatic rings. The van der Waals surface area contributed by atoms with Crippen molar-refractivity contribution in [3.8, 4) is 0 Å². The van der Waals surface area contributed by atoms with Crippen LogP contribution in [0.2, 0.25) is 5.02 Å². The second kappa shape index (κ2) is 6.12. The first-order valence-electron chi connectivity index (χ1n) is 7.24. The van der Waals surface area contributed by atoms with E-state index in [0.29, 0.717) is 11.4 Å². The molecule has 9 heteroatoms. The van der Waals surface area contributed by atoms with Gasteiger partial charge in [-0.25, -0.2) is 23.4 Å². The number of fused-ring (bicyclic) bond motifs is 1. The Hall–Kier alpha value is -2.45. The van der Waals surface area contributed by atoms with Crippen LogP contribution in [0.1, 0.15) is 18.4 Å². The Labute approximate surface area is 149 Å². The van der Waals surface area contributed by atoms with E-state index >= 15 is 0 Å². The Kier molecular flexibility index (Phi) is 4.26. The van der Waals surface area contributed by atoms with Gasteiger partial charge < -0.3 is 9.67 Å². The number of nitrogens with zero attached hydrogens (tertiary/aromatic N) is 4. The predicted molar refractivity (Wildman–Crippen MR) is 96.0 cm³/mol. The molecule has 0 radical (unpaired) electrons. The predicted octanol–water partition coefficient (Wildman–Crippen LogP) is 2.87. The number of halogens is 1. The summed E-state index contributed by atoms with van der Waals surface area (Å²) in [4.78, 5) is 12.1. The third-order valence-corrected chi connectivity index (χ3v) is 4.89. The Morgan fingerprint density at radius 3 is 2.56 bits per heavy atom. The third kappa shape index (κ3) is 3.10. The number of imidazole rings is 1. The molecule has 25 heavy (non-hydrogen) atoms. The van der Waals surface area contributed by atoms with Crippen LogP contribution in [0.25, 0.3) is 22.4 Å². The van der Waals surface area contributed by atoms with Crippen molar-refractivity contribution in [2.75, 3.05) is 6.26 Å². The first kappa shape index (κ1) is 17.4. The summed E-state index contributed by atoms with van der Waals surface area (Å²) in [5.41, 5.74) is 2.04. The first-order valence-corrected chi connectivity index (χ1v) is 9.51. The van der Waals surface area contributed by atoms with Crippen molar-refractivity contribution in [2.45, 2.75) is 12.1 Å². The molecule has 7 nitrogen and oxygen atoms in total. The zero-order chi connectivity index (χ0) is 18.4. The molecule has 130 valence electrons. The lowest BCUT2D eigenvalue weighted by molar-refractivity contribution is 0.507. The van der Waals surface area contributed by atoms with E-state index in [-0.39, 0.29) is 16.5 Å². The van der Waals surface area contributed by atoms with E-state index in [4.69, 9.17) is 11.6 Å². The Morgan fingerprint density at radius 2 is 1.92 bits per heavy atom. The van der Waals surface area contributed by atoms with Gasteiger partial charge in [0, 0.05) is 18.9 Å². The summed E-state index contributed by atoms with van der Waals surface area (Å²) in [5, 5.41) is 10.3. The summed E-state index contributed by atoms with van der Waals surface area (Å²) in [6, 6.07) is 7.54. The van der Waals surface area contributed by atoms with Crippen molar-refractivity contribution >= 4 is 43.8 Å².